The summed E-state index contributed by atoms with van der Waals surface area (Å²) in [5.74, 6) is 2.04. The minimum absolute atomic E-state index is 0.0470. The summed E-state index contributed by atoms with van der Waals surface area (Å²) in [6.45, 7) is 3.64. The number of thioether (sulfide) groups is 1. The van der Waals surface area contributed by atoms with Gasteiger partial charge in [0.25, 0.3) is 5.91 Å². The van der Waals surface area contributed by atoms with E-state index in [-0.39, 0.29) is 17.9 Å². The fraction of sp³-hybridized carbons (Fsp3) is 0.556. The molecule has 2 amide bonds. The molecule has 1 saturated heterocycles. The van der Waals surface area contributed by atoms with Crippen molar-refractivity contribution in [1.29, 1.82) is 0 Å². The highest BCUT2D eigenvalue weighted by atomic mass is 32.2. The van der Waals surface area contributed by atoms with Crippen LogP contribution in [-0.4, -0.2) is 61.6 Å². The van der Waals surface area contributed by atoms with Crippen LogP contribution in [0.2, 0.25) is 0 Å². The molecule has 1 aromatic rings. The van der Waals surface area contributed by atoms with Crippen molar-refractivity contribution in [2.45, 2.75) is 25.9 Å². The largest absolute Gasteiger partial charge is 0.493 e. The van der Waals surface area contributed by atoms with Gasteiger partial charge in [0.05, 0.1) is 7.11 Å². The molecular weight excluding hydrogens is 340 g/mol. The summed E-state index contributed by atoms with van der Waals surface area (Å²) in [6, 6.07) is 5.23. The molecular formula is C18H26N2O4S. The lowest BCUT2D eigenvalue weighted by Crippen LogP contribution is -2.40. The molecule has 0 spiro atoms. The second-order valence-electron chi connectivity index (χ2n) is 5.94. The quantitative estimate of drug-likeness (QED) is 0.749. The minimum atomic E-state index is -0.117. The molecule has 7 heteroatoms. The monoisotopic (exact) mass is 366 g/mol. The highest BCUT2D eigenvalue weighted by Gasteiger charge is 2.23. The molecule has 0 atom stereocenters. The summed E-state index contributed by atoms with van der Waals surface area (Å²) in [5, 5.41) is 2.87. The average Bonchev–Trinajstić information content (AvgIpc) is 2.62. The van der Waals surface area contributed by atoms with Crippen molar-refractivity contribution in [1.82, 2.24) is 10.2 Å². The average molecular weight is 366 g/mol. The van der Waals surface area contributed by atoms with Crippen molar-refractivity contribution >= 4 is 23.6 Å². The number of hydrogen-bond acceptors (Lipinski definition) is 5. The number of likely N-dealkylation sites (tertiary alicyclic amines) is 1. The van der Waals surface area contributed by atoms with Gasteiger partial charge in [-0.15, -0.1) is 0 Å². The number of amides is 2. The maximum absolute atomic E-state index is 12.1. The van der Waals surface area contributed by atoms with E-state index in [4.69, 9.17) is 9.47 Å². The Morgan fingerprint density at radius 1 is 1.28 bits per heavy atom. The van der Waals surface area contributed by atoms with Crippen LogP contribution in [0.15, 0.2) is 18.2 Å². The first kappa shape index (κ1) is 19.4. The minimum Gasteiger partial charge on any atom is -0.493 e. The molecule has 0 unspecified atom stereocenters. The summed E-state index contributed by atoms with van der Waals surface area (Å²) in [6.07, 6.45) is 3.63. The lowest BCUT2D eigenvalue weighted by molar-refractivity contribution is -0.130. The van der Waals surface area contributed by atoms with Crippen molar-refractivity contribution in [2.75, 3.05) is 38.8 Å². The maximum Gasteiger partial charge on any atom is 0.251 e. The van der Waals surface area contributed by atoms with Gasteiger partial charge in [-0.3, -0.25) is 9.59 Å². The highest BCUT2D eigenvalue weighted by molar-refractivity contribution is 7.98. The van der Waals surface area contributed by atoms with Gasteiger partial charge < -0.3 is 19.7 Å². The first-order chi connectivity index (χ1) is 12.0. The molecule has 1 aromatic carbocycles. The Kier molecular flexibility index (Phi) is 7.43. The Bertz CT molecular complexity index is 601. The first-order valence-electron chi connectivity index (χ1n) is 8.42. The maximum atomic E-state index is 12.1. The predicted octanol–water partition coefficient (Wildman–Crippen LogP) is 2.18. The van der Waals surface area contributed by atoms with Gasteiger partial charge in [0.15, 0.2) is 11.5 Å². The summed E-state index contributed by atoms with van der Waals surface area (Å²) in [5.41, 5.74) is 0.553. The Morgan fingerprint density at radius 2 is 2.00 bits per heavy atom. The second kappa shape index (κ2) is 9.56. The Labute approximate surface area is 153 Å². The Morgan fingerprint density at radius 3 is 2.60 bits per heavy atom. The molecule has 0 aliphatic carbocycles. The van der Waals surface area contributed by atoms with E-state index in [1.807, 2.05) is 11.2 Å². The smallest absolute Gasteiger partial charge is 0.251 e. The van der Waals surface area contributed by atoms with Crippen LogP contribution in [0, 0.1) is 0 Å². The van der Waals surface area contributed by atoms with Crippen LogP contribution in [0.1, 0.15) is 30.1 Å². The molecule has 0 radical (unpaired) electrons. The summed E-state index contributed by atoms with van der Waals surface area (Å²) < 4.78 is 11.4. The van der Waals surface area contributed by atoms with E-state index >= 15 is 0 Å². The van der Waals surface area contributed by atoms with E-state index in [0.29, 0.717) is 36.7 Å². The zero-order valence-electron chi connectivity index (χ0n) is 15.0. The molecule has 1 aliphatic heterocycles. The van der Waals surface area contributed by atoms with Gasteiger partial charge in [-0.1, -0.05) is 0 Å². The summed E-state index contributed by atoms with van der Waals surface area (Å²) >= 11 is 1.69. The number of piperidine rings is 1. The SMILES string of the molecule is COc1cc(C(=O)NCCSC)ccc1OC1CCN(C(C)=O)CC1. The molecule has 0 saturated carbocycles. The third-order valence-electron chi connectivity index (χ3n) is 4.20. The van der Waals surface area contributed by atoms with E-state index in [1.54, 1.807) is 44.0 Å². The van der Waals surface area contributed by atoms with Crippen molar-refractivity contribution in [2.24, 2.45) is 0 Å². The van der Waals surface area contributed by atoms with E-state index < -0.39 is 0 Å². The third-order valence-corrected chi connectivity index (χ3v) is 4.81. The zero-order valence-corrected chi connectivity index (χ0v) is 15.9. The summed E-state index contributed by atoms with van der Waals surface area (Å²) in [4.78, 5) is 25.4. The van der Waals surface area contributed by atoms with E-state index in [0.717, 1.165) is 18.6 Å². The van der Waals surface area contributed by atoms with Crippen LogP contribution in [0.3, 0.4) is 0 Å². The number of ether oxygens (including phenoxy) is 2. The Hall–Kier alpha value is -1.89. The van der Waals surface area contributed by atoms with E-state index in [1.165, 1.54) is 0 Å². The van der Waals surface area contributed by atoms with Crippen molar-refractivity contribution in [3.8, 4) is 11.5 Å². The molecule has 2 rings (SSSR count). The van der Waals surface area contributed by atoms with Gasteiger partial charge in [-0.2, -0.15) is 11.8 Å². The predicted molar refractivity (Wildman–Crippen MR) is 99.6 cm³/mol. The second-order valence-corrected chi connectivity index (χ2v) is 6.92. The molecule has 1 N–H and O–H groups in total. The van der Waals surface area contributed by atoms with Crippen LogP contribution in [0.4, 0.5) is 0 Å². The van der Waals surface area contributed by atoms with Crippen molar-refractivity contribution < 1.29 is 19.1 Å². The standard InChI is InChI=1S/C18H26N2O4S/c1-13(21)20-9-6-15(7-10-20)24-16-5-4-14(12-17(16)23-2)18(22)19-8-11-25-3/h4-5,12,15H,6-11H2,1-3H3,(H,19,22). The van der Waals surface area contributed by atoms with Crippen LogP contribution >= 0.6 is 11.8 Å². The van der Waals surface area contributed by atoms with Gasteiger partial charge >= 0.3 is 0 Å². The number of rotatable bonds is 7. The number of methoxy groups -OCH3 is 1. The molecule has 1 heterocycles. The molecule has 1 aliphatic rings. The van der Waals surface area contributed by atoms with Gasteiger partial charge in [-0.05, 0) is 24.5 Å². The van der Waals surface area contributed by atoms with E-state index in [9.17, 15) is 9.59 Å². The van der Waals surface area contributed by atoms with Crippen LogP contribution < -0.4 is 14.8 Å². The zero-order chi connectivity index (χ0) is 18.2. The molecule has 138 valence electrons. The van der Waals surface area contributed by atoms with Gasteiger partial charge in [0, 0.05) is 50.7 Å². The fourth-order valence-electron chi connectivity index (χ4n) is 2.74. The molecule has 25 heavy (non-hydrogen) atoms. The van der Waals surface area contributed by atoms with Crippen LogP contribution in [-0.2, 0) is 4.79 Å². The van der Waals surface area contributed by atoms with Crippen LogP contribution in [0.5, 0.6) is 11.5 Å². The topological polar surface area (TPSA) is 67.9 Å². The molecule has 0 bridgehead atoms. The third kappa shape index (κ3) is 5.56. The molecule has 6 nitrogen and oxygen atoms in total. The summed E-state index contributed by atoms with van der Waals surface area (Å²) in [7, 11) is 1.57. The first-order valence-corrected chi connectivity index (χ1v) is 9.82. The number of carbonyl (C=O) groups excluding carboxylic acids is 2. The molecule has 1 fully saturated rings. The van der Waals surface area contributed by atoms with E-state index in [2.05, 4.69) is 5.32 Å². The number of nitrogens with one attached hydrogen (secondary N) is 1. The van der Waals surface area contributed by atoms with Gasteiger partial charge in [-0.25, -0.2) is 0 Å². The number of nitrogens with zero attached hydrogens (tertiary/aromatic N) is 1. The number of carbonyl (C=O) groups is 2. The number of hydrogen-bond donors (Lipinski definition) is 1. The highest BCUT2D eigenvalue weighted by Crippen LogP contribution is 2.30. The van der Waals surface area contributed by atoms with Gasteiger partial charge in [0.1, 0.15) is 6.10 Å². The Balaban J connectivity index is 1.97. The van der Waals surface area contributed by atoms with Gasteiger partial charge in [0.2, 0.25) is 5.91 Å². The van der Waals surface area contributed by atoms with Crippen LogP contribution in [0.25, 0.3) is 0 Å². The van der Waals surface area contributed by atoms with Crippen molar-refractivity contribution in [3.63, 3.8) is 0 Å². The normalized spacial score (nSPS) is 14.9. The lowest BCUT2D eigenvalue weighted by Gasteiger charge is -2.31. The van der Waals surface area contributed by atoms with Crippen molar-refractivity contribution in [3.05, 3.63) is 23.8 Å². The fourth-order valence-corrected chi connectivity index (χ4v) is 3.05. The lowest BCUT2D eigenvalue weighted by atomic mass is 10.1. The molecule has 0 aromatic heterocycles. The number of benzene rings is 1.